The van der Waals surface area contributed by atoms with Crippen LogP contribution in [0.1, 0.15) is 16.6 Å². The number of halogens is 3. The third kappa shape index (κ3) is 4.50. The highest BCUT2D eigenvalue weighted by atomic mass is 32.2. The monoisotopic (exact) mass is 554 g/mol. The Kier molecular flexibility index (Phi) is 6.09. The first-order chi connectivity index (χ1) is 18.2. The summed E-state index contributed by atoms with van der Waals surface area (Å²) in [7, 11) is -3.62. The van der Waals surface area contributed by atoms with Crippen LogP contribution in [0.25, 0.3) is 33.2 Å². The Morgan fingerprint density at radius 1 is 0.974 bits per heavy atom. The number of aromatic nitrogens is 3. The minimum Gasteiger partial charge on any atom is -0.312 e. The number of hydrogen-bond acceptors (Lipinski definition) is 6. The Balaban J connectivity index is 1.49. The van der Waals surface area contributed by atoms with E-state index in [0.717, 1.165) is 11.5 Å². The van der Waals surface area contributed by atoms with Crippen LogP contribution < -0.4 is 5.32 Å². The van der Waals surface area contributed by atoms with Gasteiger partial charge in [-0.2, -0.15) is 18.3 Å². The van der Waals surface area contributed by atoms with Crippen molar-refractivity contribution in [1.82, 2.24) is 20.1 Å². The van der Waals surface area contributed by atoms with Crippen molar-refractivity contribution in [3.05, 3.63) is 89.0 Å². The van der Waals surface area contributed by atoms with Crippen molar-refractivity contribution in [1.29, 1.82) is 0 Å². The first-order valence-corrected chi connectivity index (χ1v) is 14.3. The molecule has 2 aromatic heterocycles. The molecule has 0 radical (unpaired) electrons. The van der Waals surface area contributed by atoms with E-state index in [4.69, 9.17) is 0 Å². The smallest absolute Gasteiger partial charge is 0.312 e. The van der Waals surface area contributed by atoms with E-state index in [-0.39, 0.29) is 16.7 Å². The SMILES string of the molecule is O=S(=O)(Cc1nccs1)c1ccc2c(-c3ccc(C(F)(F)F)cc3-c3ccnn3C3CNC3)cccc2c1. The predicted molar refractivity (Wildman–Crippen MR) is 141 cm³/mol. The molecule has 1 saturated heterocycles. The summed E-state index contributed by atoms with van der Waals surface area (Å²) in [4.78, 5) is 4.25. The lowest BCUT2D eigenvalue weighted by Gasteiger charge is -2.29. The minimum absolute atomic E-state index is 0.0560. The molecule has 0 unspecified atom stereocenters. The Labute approximate surface area is 220 Å². The predicted octanol–water partition coefficient (Wildman–Crippen LogP) is 5.96. The van der Waals surface area contributed by atoms with Crippen LogP contribution in [-0.2, 0) is 21.8 Å². The lowest BCUT2D eigenvalue weighted by Crippen LogP contribution is -2.44. The summed E-state index contributed by atoms with van der Waals surface area (Å²) in [6.07, 6.45) is -1.34. The molecule has 1 fully saturated rings. The number of fused-ring (bicyclic) bond motifs is 1. The summed E-state index contributed by atoms with van der Waals surface area (Å²) in [6.45, 7) is 1.38. The minimum atomic E-state index is -4.50. The van der Waals surface area contributed by atoms with Crippen LogP contribution >= 0.6 is 11.3 Å². The van der Waals surface area contributed by atoms with Gasteiger partial charge in [0, 0.05) is 36.4 Å². The molecule has 3 heterocycles. The number of sulfone groups is 1. The average Bonchev–Trinajstić information content (AvgIpc) is 3.53. The lowest BCUT2D eigenvalue weighted by molar-refractivity contribution is -0.137. The van der Waals surface area contributed by atoms with Gasteiger partial charge in [0.1, 0.15) is 10.8 Å². The zero-order chi connectivity index (χ0) is 26.5. The quantitative estimate of drug-likeness (QED) is 0.280. The molecule has 11 heteroatoms. The number of nitrogens with zero attached hydrogens (tertiary/aromatic N) is 3. The molecule has 3 aromatic carbocycles. The molecule has 194 valence electrons. The van der Waals surface area contributed by atoms with Gasteiger partial charge >= 0.3 is 6.18 Å². The van der Waals surface area contributed by atoms with Crippen LogP contribution in [0.5, 0.6) is 0 Å². The fraction of sp³-hybridized carbons (Fsp3) is 0.185. The molecule has 6 nitrogen and oxygen atoms in total. The Morgan fingerprint density at radius 3 is 2.53 bits per heavy atom. The second-order valence-electron chi connectivity index (χ2n) is 9.10. The standard InChI is InChI=1S/C27H21F3N4O2S2/c28-27(29,30)18-4-6-23(24(13-18)25-8-9-33-34(25)19-14-31-15-19)22-3-1-2-17-12-20(5-7-21(17)22)38(35,36)16-26-32-10-11-37-26/h1-13,19,31H,14-16H2. The van der Waals surface area contributed by atoms with E-state index in [1.807, 2.05) is 6.07 Å². The van der Waals surface area contributed by atoms with Gasteiger partial charge in [-0.25, -0.2) is 13.4 Å². The first-order valence-electron chi connectivity index (χ1n) is 11.8. The number of rotatable bonds is 6. The number of alkyl halides is 3. The molecule has 0 bridgehead atoms. The van der Waals surface area contributed by atoms with E-state index in [9.17, 15) is 21.6 Å². The largest absolute Gasteiger partial charge is 0.416 e. The molecule has 5 aromatic rings. The first kappa shape index (κ1) is 24.8. The summed E-state index contributed by atoms with van der Waals surface area (Å²) in [6, 6.07) is 15.8. The maximum absolute atomic E-state index is 13.7. The highest BCUT2D eigenvalue weighted by Gasteiger charge is 2.32. The highest BCUT2D eigenvalue weighted by molar-refractivity contribution is 7.90. The second kappa shape index (κ2) is 9.33. The maximum atomic E-state index is 13.7. The molecular formula is C27H21F3N4O2S2. The molecule has 0 amide bonds. The van der Waals surface area contributed by atoms with Gasteiger partial charge in [-0.05, 0) is 52.2 Å². The van der Waals surface area contributed by atoms with Crippen LogP contribution in [0.15, 0.2) is 83.3 Å². The number of benzene rings is 3. The van der Waals surface area contributed by atoms with E-state index < -0.39 is 21.6 Å². The van der Waals surface area contributed by atoms with Crippen molar-refractivity contribution >= 4 is 31.9 Å². The van der Waals surface area contributed by atoms with E-state index >= 15 is 0 Å². The van der Waals surface area contributed by atoms with Gasteiger partial charge in [0.05, 0.1) is 22.2 Å². The van der Waals surface area contributed by atoms with Gasteiger partial charge in [0.15, 0.2) is 9.84 Å². The van der Waals surface area contributed by atoms with Crippen molar-refractivity contribution < 1.29 is 21.6 Å². The number of nitrogens with one attached hydrogen (secondary N) is 1. The fourth-order valence-corrected chi connectivity index (χ4v) is 6.98. The molecule has 6 rings (SSSR count). The van der Waals surface area contributed by atoms with Crippen molar-refractivity contribution in [2.24, 2.45) is 0 Å². The van der Waals surface area contributed by atoms with E-state index in [1.165, 1.54) is 23.5 Å². The van der Waals surface area contributed by atoms with E-state index in [1.54, 1.807) is 58.9 Å². The maximum Gasteiger partial charge on any atom is 0.416 e. The molecule has 0 saturated carbocycles. The van der Waals surface area contributed by atoms with Gasteiger partial charge in [0.2, 0.25) is 0 Å². The number of hydrogen-bond donors (Lipinski definition) is 1. The second-order valence-corrected chi connectivity index (χ2v) is 12.1. The highest BCUT2D eigenvalue weighted by Crippen LogP contribution is 2.41. The Bertz CT molecular complexity index is 1740. The number of thiazole rings is 1. The molecule has 0 atom stereocenters. The Hall–Kier alpha value is -3.54. The van der Waals surface area contributed by atoms with Crippen molar-refractivity contribution in [3.8, 4) is 22.4 Å². The van der Waals surface area contributed by atoms with Gasteiger partial charge < -0.3 is 5.32 Å². The summed E-state index contributed by atoms with van der Waals surface area (Å²) < 4.78 is 69.0. The summed E-state index contributed by atoms with van der Waals surface area (Å²) in [5.41, 5.74) is 1.58. The van der Waals surface area contributed by atoms with E-state index in [0.29, 0.717) is 45.9 Å². The van der Waals surface area contributed by atoms with Crippen LogP contribution in [0.3, 0.4) is 0 Å². The summed E-state index contributed by atoms with van der Waals surface area (Å²) in [5.74, 6) is -0.196. The third-order valence-corrected chi connectivity index (χ3v) is 9.29. The molecule has 0 spiro atoms. The molecule has 38 heavy (non-hydrogen) atoms. The molecule has 1 aliphatic rings. The molecule has 0 aliphatic carbocycles. The molecule has 1 N–H and O–H groups in total. The van der Waals surface area contributed by atoms with Crippen molar-refractivity contribution in [2.45, 2.75) is 22.9 Å². The van der Waals surface area contributed by atoms with Crippen molar-refractivity contribution in [3.63, 3.8) is 0 Å². The normalized spacial score (nSPS) is 14.6. The zero-order valence-electron chi connectivity index (χ0n) is 19.8. The van der Waals surface area contributed by atoms with E-state index in [2.05, 4.69) is 15.4 Å². The van der Waals surface area contributed by atoms with Crippen molar-refractivity contribution in [2.75, 3.05) is 13.1 Å². The van der Waals surface area contributed by atoms with Gasteiger partial charge in [-0.15, -0.1) is 11.3 Å². The van der Waals surface area contributed by atoms with Crippen LogP contribution in [0, 0.1) is 0 Å². The fourth-order valence-electron chi connectivity index (χ4n) is 4.69. The zero-order valence-corrected chi connectivity index (χ0v) is 21.4. The van der Waals surface area contributed by atoms with Gasteiger partial charge in [-0.1, -0.05) is 30.3 Å². The van der Waals surface area contributed by atoms with Crippen LogP contribution in [0.2, 0.25) is 0 Å². The van der Waals surface area contributed by atoms with Gasteiger partial charge in [0.25, 0.3) is 0 Å². The Morgan fingerprint density at radius 2 is 1.82 bits per heavy atom. The van der Waals surface area contributed by atoms with Crippen LogP contribution in [-0.4, -0.2) is 36.3 Å². The summed E-state index contributed by atoms with van der Waals surface area (Å²) >= 11 is 1.28. The average molecular weight is 555 g/mol. The molecule has 1 aliphatic heterocycles. The topological polar surface area (TPSA) is 76.9 Å². The van der Waals surface area contributed by atoms with Crippen LogP contribution in [0.4, 0.5) is 13.2 Å². The summed E-state index contributed by atoms with van der Waals surface area (Å²) in [5, 5.41) is 11.2. The third-order valence-electron chi connectivity index (χ3n) is 6.70. The molecular weight excluding hydrogens is 533 g/mol. The van der Waals surface area contributed by atoms with Gasteiger partial charge in [-0.3, -0.25) is 4.68 Å². The lowest BCUT2D eigenvalue weighted by atomic mass is 9.91.